The molecule has 2 aromatic carbocycles. The van der Waals surface area contributed by atoms with Gasteiger partial charge >= 0.3 is 0 Å². The second-order valence-corrected chi connectivity index (χ2v) is 3.97. The van der Waals surface area contributed by atoms with Crippen LogP contribution in [0.5, 0.6) is 0 Å². The van der Waals surface area contributed by atoms with Crippen molar-refractivity contribution >= 4 is 5.69 Å². The maximum Gasteiger partial charge on any atom is 0.0485 e. The Kier molecular flexibility index (Phi) is 3.25. The van der Waals surface area contributed by atoms with Crippen molar-refractivity contribution in [3.63, 3.8) is 0 Å². The van der Waals surface area contributed by atoms with Gasteiger partial charge in [-0.05, 0) is 37.1 Å². The van der Waals surface area contributed by atoms with E-state index in [2.05, 4.69) is 55.6 Å². The van der Waals surface area contributed by atoms with Gasteiger partial charge in [-0.3, -0.25) is 0 Å². The molecule has 0 spiro atoms. The summed E-state index contributed by atoms with van der Waals surface area (Å²) in [6.07, 6.45) is 0. The third-order valence-electron chi connectivity index (χ3n) is 2.64. The van der Waals surface area contributed by atoms with Gasteiger partial charge in [-0.2, -0.15) is 0 Å². The van der Waals surface area contributed by atoms with E-state index >= 15 is 0 Å². The first-order chi connectivity index (χ1) is 7.75. The van der Waals surface area contributed by atoms with Gasteiger partial charge in [0.2, 0.25) is 0 Å². The van der Waals surface area contributed by atoms with Crippen LogP contribution in [0, 0.1) is 6.92 Å². The lowest BCUT2D eigenvalue weighted by Crippen LogP contribution is -2.06. The van der Waals surface area contributed by atoms with Gasteiger partial charge in [0.05, 0.1) is 0 Å². The monoisotopic (exact) mass is 210 g/mol. The summed E-state index contributed by atoms with van der Waals surface area (Å²) >= 11 is 0. The Morgan fingerprint density at radius 3 is 2.19 bits per heavy atom. The summed E-state index contributed by atoms with van der Waals surface area (Å²) in [6, 6.07) is 18.9. The summed E-state index contributed by atoms with van der Waals surface area (Å²) in [5.41, 5.74) is 3.46. The third-order valence-corrected chi connectivity index (χ3v) is 2.64. The summed E-state index contributed by atoms with van der Waals surface area (Å²) in [5, 5.41) is 3.46. The Morgan fingerprint density at radius 2 is 1.56 bits per heavy atom. The summed E-state index contributed by atoms with van der Waals surface area (Å²) in [5.74, 6) is 0. The molecule has 0 heterocycles. The average molecular weight is 210 g/mol. The van der Waals surface area contributed by atoms with Crippen molar-refractivity contribution in [2.75, 3.05) is 5.32 Å². The van der Waals surface area contributed by atoms with Crippen molar-refractivity contribution in [2.24, 2.45) is 0 Å². The quantitative estimate of drug-likeness (QED) is 0.806. The minimum atomic E-state index is 0.317. The zero-order valence-electron chi connectivity index (χ0n) is 9.48. The number of hydrogen-bond donors (Lipinski definition) is 1. The van der Waals surface area contributed by atoms with Crippen LogP contribution in [-0.2, 0) is 0 Å². The number of anilines is 1. The van der Waals surface area contributed by atoms with Gasteiger partial charge in [0.1, 0.15) is 0 Å². The van der Waals surface area contributed by atoms with Gasteiger partial charge in [-0.15, -0.1) is 0 Å². The first kappa shape index (κ1) is 10.7. The van der Waals surface area contributed by atoms with E-state index in [4.69, 9.17) is 0 Å². The number of hydrogen-bond acceptors (Lipinski definition) is 1. The Hall–Kier alpha value is -1.76. The molecule has 0 fully saturated rings. The molecular formula is C15H16N. The fraction of sp³-hybridized carbons (Fsp3) is 0.133. The van der Waals surface area contributed by atoms with Crippen molar-refractivity contribution in [1.82, 2.24) is 0 Å². The molecular weight excluding hydrogens is 194 g/mol. The molecule has 16 heavy (non-hydrogen) atoms. The molecule has 1 nitrogen and oxygen atoms in total. The first-order valence-electron chi connectivity index (χ1n) is 5.49. The van der Waals surface area contributed by atoms with E-state index in [0.29, 0.717) is 6.04 Å². The standard InChI is InChI=1S/C15H16N/c1-12-8-10-15(11-9-12)16-13(2)14-6-4-3-5-7-14/h3-11,13,16H,1H2,2H3. The third kappa shape index (κ3) is 2.63. The van der Waals surface area contributed by atoms with Gasteiger partial charge < -0.3 is 5.32 Å². The van der Waals surface area contributed by atoms with Crippen LogP contribution in [-0.4, -0.2) is 0 Å². The Labute approximate surface area is 97.1 Å². The molecule has 1 heteroatoms. The van der Waals surface area contributed by atoms with E-state index in [1.807, 2.05) is 18.2 Å². The largest absolute Gasteiger partial charge is 0.379 e. The van der Waals surface area contributed by atoms with Crippen LogP contribution in [0.15, 0.2) is 54.6 Å². The summed E-state index contributed by atoms with van der Waals surface area (Å²) in [7, 11) is 0. The Bertz CT molecular complexity index is 431. The van der Waals surface area contributed by atoms with Crippen molar-refractivity contribution in [3.05, 3.63) is 72.6 Å². The molecule has 1 N–H and O–H groups in total. The number of benzene rings is 2. The van der Waals surface area contributed by atoms with E-state index in [0.717, 1.165) is 11.3 Å². The van der Waals surface area contributed by atoms with Crippen LogP contribution in [0.2, 0.25) is 0 Å². The van der Waals surface area contributed by atoms with Crippen LogP contribution in [0.1, 0.15) is 24.1 Å². The summed E-state index contributed by atoms with van der Waals surface area (Å²) in [4.78, 5) is 0. The van der Waals surface area contributed by atoms with Gasteiger partial charge in [0, 0.05) is 11.7 Å². The zero-order valence-corrected chi connectivity index (χ0v) is 9.48. The van der Waals surface area contributed by atoms with E-state index < -0.39 is 0 Å². The second kappa shape index (κ2) is 4.84. The van der Waals surface area contributed by atoms with E-state index in [1.54, 1.807) is 0 Å². The van der Waals surface area contributed by atoms with Crippen LogP contribution >= 0.6 is 0 Å². The second-order valence-electron chi connectivity index (χ2n) is 3.97. The van der Waals surface area contributed by atoms with Crippen LogP contribution in [0.3, 0.4) is 0 Å². The molecule has 0 bridgehead atoms. The first-order valence-corrected chi connectivity index (χ1v) is 5.49. The molecule has 1 radical (unpaired) electrons. The lowest BCUT2D eigenvalue weighted by molar-refractivity contribution is 0.885. The molecule has 0 amide bonds. The topological polar surface area (TPSA) is 12.0 Å². The molecule has 1 atom stereocenters. The predicted molar refractivity (Wildman–Crippen MR) is 69.4 cm³/mol. The normalized spacial score (nSPS) is 12.1. The van der Waals surface area contributed by atoms with Gasteiger partial charge in [0.15, 0.2) is 0 Å². The van der Waals surface area contributed by atoms with Crippen LogP contribution < -0.4 is 5.32 Å². The SMILES string of the molecule is [CH2]c1ccc(NC(C)c2ccccc2)cc1. The summed E-state index contributed by atoms with van der Waals surface area (Å²) < 4.78 is 0. The highest BCUT2D eigenvalue weighted by Crippen LogP contribution is 2.18. The Balaban J connectivity index is 2.08. The lowest BCUT2D eigenvalue weighted by atomic mass is 10.1. The van der Waals surface area contributed by atoms with E-state index in [9.17, 15) is 0 Å². The number of nitrogens with one attached hydrogen (secondary N) is 1. The van der Waals surface area contributed by atoms with Crippen molar-refractivity contribution in [1.29, 1.82) is 0 Å². The van der Waals surface area contributed by atoms with Gasteiger partial charge in [-0.25, -0.2) is 0 Å². The van der Waals surface area contributed by atoms with E-state index in [-0.39, 0.29) is 0 Å². The summed E-state index contributed by atoms with van der Waals surface area (Å²) in [6.45, 7) is 6.03. The fourth-order valence-electron chi connectivity index (χ4n) is 1.68. The molecule has 0 aliphatic rings. The highest BCUT2D eigenvalue weighted by Gasteiger charge is 2.03. The maximum absolute atomic E-state index is 3.87. The molecule has 0 aliphatic heterocycles. The van der Waals surface area contributed by atoms with Crippen LogP contribution in [0.25, 0.3) is 0 Å². The minimum absolute atomic E-state index is 0.317. The molecule has 2 aromatic rings. The highest BCUT2D eigenvalue weighted by molar-refractivity contribution is 5.47. The molecule has 2 rings (SSSR count). The molecule has 0 saturated carbocycles. The van der Waals surface area contributed by atoms with Crippen LogP contribution in [0.4, 0.5) is 5.69 Å². The van der Waals surface area contributed by atoms with Crippen molar-refractivity contribution in [3.8, 4) is 0 Å². The maximum atomic E-state index is 3.87. The molecule has 0 saturated heterocycles. The van der Waals surface area contributed by atoms with Crippen molar-refractivity contribution < 1.29 is 0 Å². The fourth-order valence-corrected chi connectivity index (χ4v) is 1.68. The van der Waals surface area contributed by atoms with Crippen molar-refractivity contribution in [2.45, 2.75) is 13.0 Å². The van der Waals surface area contributed by atoms with Gasteiger partial charge in [0.25, 0.3) is 0 Å². The molecule has 0 aromatic heterocycles. The minimum Gasteiger partial charge on any atom is -0.379 e. The average Bonchev–Trinajstić information content (AvgIpc) is 2.33. The number of rotatable bonds is 3. The van der Waals surface area contributed by atoms with Gasteiger partial charge in [-0.1, -0.05) is 42.5 Å². The smallest absolute Gasteiger partial charge is 0.0485 e. The molecule has 0 aliphatic carbocycles. The Morgan fingerprint density at radius 1 is 0.938 bits per heavy atom. The lowest BCUT2D eigenvalue weighted by Gasteiger charge is -2.15. The molecule has 1 unspecified atom stereocenters. The molecule has 81 valence electrons. The highest BCUT2D eigenvalue weighted by atomic mass is 14.9. The zero-order chi connectivity index (χ0) is 11.4. The predicted octanol–water partition coefficient (Wildman–Crippen LogP) is 4.04. The van der Waals surface area contributed by atoms with E-state index in [1.165, 1.54) is 5.56 Å².